The molecule has 26 heavy (non-hydrogen) atoms. The minimum atomic E-state index is -0.628. The molecule has 1 heterocycles. The van der Waals surface area contributed by atoms with E-state index in [0.29, 0.717) is 12.2 Å². The van der Waals surface area contributed by atoms with Gasteiger partial charge in [0.25, 0.3) is 0 Å². The highest BCUT2D eigenvalue weighted by molar-refractivity contribution is 5.76. The molecule has 1 aromatic heterocycles. The lowest BCUT2D eigenvalue weighted by atomic mass is 10.0. The van der Waals surface area contributed by atoms with Crippen molar-refractivity contribution in [3.8, 4) is 0 Å². The maximum Gasteiger partial charge on any atom is 0.316 e. The minimum Gasteiger partial charge on any atom is -0.467 e. The lowest BCUT2D eigenvalue weighted by molar-refractivity contribution is 0.142. The van der Waals surface area contributed by atoms with Crippen molar-refractivity contribution in [2.75, 3.05) is 0 Å². The number of benzene rings is 2. The van der Waals surface area contributed by atoms with E-state index in [1.165, 1.54) is 0 Å². The maximum absolute atomic E-state index is 12.7. The molecule has 0 bridgehead atoms. The molecular formula is C21H20N2O3. The number of hydrogen-bond acceptors (Lipinski definition) is 3. The van der Waals surface area contributed by atoms with Crippen LogP contribution in [0.15, 0.2) is 77.4 Å². The summed E-state index contributed by atoms with van der Waals surface area (Å²) in [6.45, 7) is 0. The van der Waals surface area contributed by atoms with Gasteiger partial charge in [-0.05, 0) is 28.8 Å². The van der Waals surface area contributed by atoms with Gasteiger partial charge in [0, 0.05) is 6.42 Å². The largest absolute Gasteiger partial charge is 0.467 e. The molecule has 3 aromatic rings. The van der Waals surface area contributed by atoms with Crippen LogP contribution in [0, 0.1) is 0 Å². The van der Waals surface area contributed by atoms with Crippen LogP contribution in [0.3, 0.4) is 0 Å². The molecule has 0 radical (unpaired) electrons. The van der Waals surface area contributed by atoms with Gasteiger partial charge in [-0.15, -0.1) is 0 Å². The zero-order valence-electron chi connectivity index (χ0n) is 14.1. The molecule has 0 saturated heterocycles. The Morgan fingerprint density at radius 3 is 2.58 bits per heavy atom. The first-order valence-electron chi connectivity index (χ1n) is 8.63. The SMILES string of the molecule is O=C(NC(c1ccccc1)c1ccco1)NC1c2ccccc2CC1O. The predicted molar refractivity (Wildman–Crippen MR) is 97.6 cm³/mol. The van der Waals surface area contributed by atoms with E-state index in [4.69, 9.17) is 4.42 Å². The third-order valence-electron chi connectivity index (χ3n) is 4.73. The summed E-state index contributed by atoms with van der Waals surface area (Å²) in [6, 6.07) is 19.9. The van der Waals surface area contributed by atoms with Crippen molar-refractivity contribution < 1.29 is 14.3 Å². The number of urea groups is 1. The van der Waals surface area contributed by atoms with E-state index in [9.17, 15) is 9.90 Å². The molecule has 0 spiro atoms. The number of carbonyl (C=O) groups excluding carboxylic acids is 1. The van der Waals surface area contributed by atoms with Crippen molar-refractivity contribution in [2.24, 2.45) is 0 Å². The lowest BCUT2D eigenvalue weighted by Gasteiger charge is -2.22. The van der Waals surface area contributed by atoms with Crippen LogP contribution in [0.2, 0.25) is 0 Å². The number of amides is 2. The quantitative estimate of drug-likeness (QED) is 0.677. The zero-order chi connectivity index (χ0) is 17.9. The first-order chi connectivity index (χ1) is 12.7. The highest BCUT2D eigenvalue weighted by Gasteiger charge is 2.32. The molecule has 2 aromatic carbocycles. The van der Waals surface area contributed by atoms with Gasteiger partial charge >= 0.3 is 6.03 Å². The highest BCUT2D eigenvalue weighted by Crippen LogP contribution is 2.31. The van der Waals surface area contributed by atoms with Gasteiger partial charge in [0.2, 0.25) is 0 Å². The van der Waals surface area contributed by atoms with Gasteiger partial charge in [-0.1, -0.05) is 54.6 Å². The molecule has 0 fully saturated rings. The van der Waals surface area contributed by atoms with Gasteiger partial charge < -0.3 is 20.2 Å². The molecule has 3 N–H and O–H groups in total. The molecule has 1 aliphatic rings. The molecular weight excluding hydrogens is 328 g/mol. The van der Waals surface area contributed by atoms with Crippen LogP contribution in [0.1, 0.15) is 34.5 Å². The first-order valence-corrected chi connectivity index (χ1v) is 8.63. The number of furan rings is 1. The average Bonchev–Trinajstić information content (AvgIpc) is 3.29. The Balaban J connectivity index is 1.53. The fourth-order valence-electron chi connectivity index (χ4n) is 3.48. The Morgan fingerprint density at radius 2 is 1.81 bits per heavy atom. The van der Waals surface area contributed by atoms with Gasteiger partial charge in [-0.3, -0.25) is 0 Å². The van der Waals surface area contributed by atoms with Gasteiger partial charge in [0.1, 0.15) is 11.8 Å². The van der Waals surface area contributed by atoms with Gasteiger partial charge in [-0.25, -0.2) is 4.79 Å². The van der Waals surface area contributed by atoms with Crippen LogP contribution < -0.4 is 10.6 Å². The summed E-state index contributed by atoms with van der Waals surface area (Å²) in [5.41, 5.74) is 2.95. The predicted octanol–water partition coefficient (Wildman–Crippen LogP) is 3.33. The molecule has 3 unspecified atom stereocenters. The van der Waals surface area contributed by atoms with E-state index in [0.717, 1.165) is 16.7 Å². The summed E-state index contributed by atoms with van der Waals surface area (Å²) in [5.74, 6) is 0.652. The number of rotatable bonds is 4. The number of carbonyl (C=O) groups is 1. The van der Waals surface area contributed by atoms with Crippen LogP contribution in [-0.2, 0) is 6.42 Å². The number of aliphatic hydroxyl groups is 1. The normalized spacial score (nSPS) is 19.6. The molecule has 2 amide bonds. The number of fused-ring (bicyclic) bond motifs is 1. The second-order valence-corrected chi connectivity index (χ2v) is 6.42. The molecule has 3 atom stereocenters. The van der Waals surface area contributed by atoms with Crippen molar-refractivity contribution in [1.29, 1.82) is 0 Å². The summed E-state index contributed by atoms with van der Waals surface area (Å²) in [7, 11) is 0. The van der Waals surface area contributed by atoms with Crippen LogP contribution in [-0.4, -0.2) is 17.2 Å². The number of hydrogen-bond donors (Lipinski definition) is 3. The van der Waals surface area contributed by atoms with Gasteiger partial charge in [0.05, 0.1) is 18.4 Å². The molecule has 4 rings (SSSR count). The number of nitrogens with one attached hydrogen (secondary N) is 2. The second-order valence-electron chi connectivity index (χ2n) is 6.42. The Kier molecular flexibility index (Phi) is 4.46. The minimum absolute atomic E-state index is 0.351. The molecule has 0 aliphatic heterocycles. The summed E-state index contributed by atoms with van der Waals surface area (Å²) >= 11 is 0. The van der Waals surface area contributed by atoms with Gasteiger partial charge in [0.15, 0.2) is 0 Å². The first kappa shape index (κ1) is 16.4. The average molecular weight is 348 g/mol. The van der Waals surface area contributed by atoms with Crippen molar-refractivity contribution >= 4 is 6.03 Å². The zero-order valence-corrected chi connectivity index (χ0v) is 14.1. The number of aliphatic hydroxyl groups excluding tert-OH is 1. The fraction of sp³-hybridized carbons (Fsp3) is 0.190. The Morgan fingerprint density at radius 1 is 1.04 bits per heavy atom. The van der Waals surface area contributed by atoms with E-state index in [-0.39, 0.29) is 6.03 Å². The third-order valence-corrected chi connectivity index (χ3v) is 4.73. The van der Waals surface area contributed by atoms with E-state index in [1.54, 1.807) is 12.3 Å². The monoisotopic (exact) mass is 348 g/mol. The van der Waals surface area contributed by atoms with E-state index in [1.807, 2.05) is 60.7 Å². The maximum atomic E-state index is 12.7. The third kappa shape index (κ3) is 3.21. The summed E-state index contributed by atoms with van der Waals surface area (Å²) in [6.07, 6.45) is 1.50. The van der Waals surface area contributed by atoms with Crippen molar-refractivity contribution in [3.63, 3.8) is 0 Å². The topological polar surface area (TPSA) is 74.5 Å². The molecule has 0 saturated carbocycles. The van der Waals surface area contributed by atoms with E-state index in [2.05, 4.69) is 10.6 Å². The van der Waals surface area contributed by atoms with Crippen LogP contribution in [0.5, 0.6) is 0 Å². The standard InChI is InChI=1S/C21H20N2O3/c24-17-13-15-9-4-5-10-16(15)20(17)23-21(25)22-19(18-11-6-12-26-18)14-7-2-1-3-8-14/h1-12,17,19-20,24H,13H2,(H2,22,23,25). The Labute approximate surface area is 151 Å². The van der Waals surface area contributed by atoms with E-state index >= 15 is 0 Å². The fourth-order valence-corrected chi connectivity index (χ4v) is 3.48. The summed E-state index contributed by atoms with van der Waals surface area (Å²) < 4.78 is 5.51. The van der Waals surface area contributed by atoms with Crippen molar-refractivity contribution in [3.05, 3.63) is 95.4 Å². The highest BCUT2D eigenvalue weighted by atomic mass is 16.3. The van der Waals surface area contributed by atoms with Crippen LogP contribution in [0.4, 0.5) is 4.79 Å². The molecule has 1 aliphatic carbocycles. The Hall–Kier alpha value is -3.05. The van der Waals surface area contributed by atoms with Crippen LogP contribution in [0.25, 0.3) is 0 Å². The Bertz CT molecular complexity index is 877. The second kappa shape index (κ2) is 7.06. The van der Waals surface area contributed by atoms with Gasteiger partial charge in [-0.2, -0.15) is 0 Å². The summed E-state index contributed by atoms with van der Waals surface area (Å²) in [5, 5.41) is 16.2. The van der Waals surface area contributed by atoms with Crippen LogP contribution >= 0.6 is 0 Å². The molecule has 5 heteroatoms. The summed E-state index contributed by atoms with van der Waals surface area (Å²) in [4.78, 5) is 12.7. The molecule has 5 nitrogen and oxygen atoms in total. The smallest absolute Gasteiger partial charge is 0.316 e. The lowest BCUT2D eigenvalue weighted by Crippen LogP contribution is -2.42. The van der Waals surface area contributed by atoms with Crippen molar-refractivity contribution in [2.45, 2.75) is 24.6 Å². The van der Waals surface area contributed by atoms with E-state index < -0.39 is 18.2 Å². The molecule has 132 valence electrons. The van der Waals surface area contributed by atoms with Crippen molar-refractivity contribution in [1.82, 2.24) is 10.6 Å².